The molecule has 3 rings (SSSR count). The zero-order valence-corrected chi connectivity index (χ0v) is 26.8. The van der Waals surface area contributed by atoms with Gasteiger partial charge in [0, 0.05) is 12.3 Å². The van der Waals surface area contributed by atoms with Crippen molar-refractivity contribution in [1.82, 2.24) is 9.55 Å². The molecule has 2 aliphatic rings. The summed E-state index contributed by atoms with van der Waals surface area (Å²) in [7, 11) is -2.16. The van der Waals surface area contributed by atoms with Gasteiger partial charge in [-0.2, -0.15) is 0 Å². The Bertz CT molecular complexity index is 1150. The summed E-state index contributed by atoms with van der Waals surface area (Å²) in [6, 6.07) is 1.20. The van der Waals surface area contributed by atoms with Crippen LogP contribution in [0.5, 0.6) is 0 Å². The second kappa shape index (κ2) is 12.0. The van der Waals surface area contributed by atoms with Crippen molar-refractivity contribution >= 4 is 37.6 Å². The molecule has 1 aromatic heterocycles. The van der Waals surface area contributed by atoms with Crippen LogP contribution in [0.2, 0.25) is 18.1 Å². The van der Waals surface area contributed by atoms with Crippen LogP contribution in [0.15, 0.2) is 34.0 Å². The topological polar surface area (TPSA) is 123 Å². The fourth-order valence-electron chi connectivity index (χ4n) is 4.46. The van der Waals surface area contributed by atoms with Crippen LogP contribution in [0.25, 0.3) is 0 Å². The van der Waals surface area contributed by atoms with Gasteiger partial charge in [0.05, 0.1) is 17.5 Å². The molecule has 1 unspecified atom stereocenters. The van der Waals surface area contributed by atoms with Gasteiger partial charge >= 0.3 is 11.8 Å². The van der Waals surface area contributed by atoms with E-state index in [2.05, 4.69) is 45.4 Å². The smallest absolute Gasteiger partial charge is 0.414 e. The predicted octanol–water partition coefficient (Wildman–Crippen LogP) is 4.20. The number of ether oxygens (including phenoxy) is 1. The van der Waals surface area contributed by atoms with E-state index in [1.807, 2.05) is 13.8 Å². The van der Waals surface area contributed by atoms with Crippen LogP contribution in [0.3, 0.4) is 0 Å². The first-order chi connectivity index (χ1) is 17.4. The normalized spacial score (nSPS) is 32.8. The van der Waals surface area contributed by atoms with Crippen LogP contribution in [0.1, 0.15) is 60.1 Å². The molecular weight excluding hydrogens is 563 g/mol. The zero-order chi connectivity index (χ0) is 28.6. The van der Waals surface area contributed by atoms with Gasteiger partial charge in [0.15, 0.2) is 20.6 Å². The molecule has 1 aliphatic heterocycles. The SMILES string of the molecule is C=C(C)[C@H]1CC[C@@](C)(S[P+](=S)O[C@H]2[C@@H](O)[C@H](n3ccc(=O)[nH]c3=O)O[C@@H]2CO[Si](C)(C)C(C)(C)C)[C@H](O)C1. The van der Waals surface area contributed by atoms with Gasteiger partial charge in [-0.3, -0.25) is 14.3 Å². The number of rotatable bonds is 9. The number of hydrogen-bond acceptors (Lipinski definition) is 9. The van der Waals surface area contributed by atoms with Gasteiger partial charge in [-0.1, -0.05) is 32.9 Å². The minimum Gasteiger partial charge on any atom is -0.414 e. The number of aliphatic hydroxyl groups excluding tert-OH is 2. The van der Waals surface area contributed by atoms with Crippen molar-refractivity contribution in [1.29, 1.82) is 0 Å². The molecular formula is C25H42N2O7PS2Si+. The number of aromatic amines is 1. The lowest BCUT2D eigenvalue weighted by Crippen LogP contribution is -2.45. The summed E-state index contributed by atoms with van der Waals surface area (Å²) in [6.07, 6.45) is -2.33. The Morgan fingerprint density at radius 3 is 2.61 bits per heavy atom. The van der Waals surface area contributed by atoms with E-state index in [9.17, 15) is 19.8 Å². The molecule has 3 N–H and O–H groups in total. The summed E-state index contributed by atoms with van der Waals surface area (Å²) < 4.78 is 19.5. The van der Waals surface area contributed by atoms with E-state index in [1.165, 1.54) is 23.6 Å². The van der Waals surface area contributed by atoms with Gasteiger partial charge in [-0.15, -0.1) is 4.52 Å². The number of hydrogen-bond donors (Lipinski definition) is 3. The number of aliphatic hydroxyl groups is 2. The summed E-state index contributed by atoms with van der Waals surface area (Å²) in [6.45, 7) is 18.9. The summed E-state index contributed by atoms with van der Waals surface area (Å²) >= 11 is 7.17. The molecule has 2 heterocycles. The molecule has 0 amide bonds. The van der Waals surface area contributed by atoms with Crippen molar-refractivity contribution in [3.05, 3.63) is 45.3 Å². The molecule has 9 nitrogen and oxygen atoms in total. The van der Waals surface area contributed by atoms with E-state index in [-0.39, 0.29) is 17.6 Å². The highest BCUT2D eigenvalue weighted by Crippen LogP contribution is 2.56. The molecule has 0 spiro atoms. The second-order valence-corrected chi connectivity index (χ2v) is 22.0. The Labute approximate surface area is 235 Å². The Morgan fingerprint density at radius 1 is 1.39 bits per heavy atom. The first kappa shape index (κ1) is 31.8. The van der Waals surface area contributed by atoms with Crippen LogP contribution < -0.4 is 11.2 Å². The highest BCUT2D eigenvalue weighted by molar-refractivity contribution is 8.63. The van der Waals surface area contributed by atoms with Crippen molar-refractivity contribution in [3.63, 3.8) is 0 Å². The van der Waals surface area contributed by atoms with Gasteiger partial charge in [-0.05, 0) is 57.2 Å². The summed E-state index contributed by atoms with van der Waals surface area (Å²) in [4.78, 5) is 26.2. The van der Waals surface area contributed by atoms with E-state index >= 15 is 0 Å². The van der Waals surface area contributed by atoms with Gasteiger partial charge in [-0.25, -0.2) is 4.79 Å². The largest absolute Gasteiger partial charge is 0.415 e. The van der Waals surface area contributed by atoms with Crippen LogP contribution in [-0.4, -0.2) is 63.9 Å². The molecule has 13 heteroatoms. The van der Waals surface area contributed by atoms with Crippen LogP contribution in [-0.2, 0) is 25.5 Å². The van der Waals surface area contributed by atoms with Gasteiger partial charge in [0.1, 0.15) is 23.6 Å². The van der Waals surface area contributed by atoms with Crippen LogP contribution in [0, 0.1) is 5.92 Å². The lowest BCUT2D eigenvalue weighted by molar-refractivity contribution is -0.0525. The van der Waals surface area contributed by atoms with E-state index in [4.69, 9.17) is 25.5 Å². The molecule has 1 saturated carbocycles. The van der Waals surface area contributed by atoms with Gasteiger partial charge in [0.2, 0.25) is 11.8 Å². The van der Waals surface area contributed by atoms with Crippen molar-refractivity contribution in [2.45, 2.75) is 107 Å². The molecule has 2 fully saturated rings. The van der Waals surface area contributed by atoms with Crippen molar-refractivity contribution < 1.29 is 23.9 Å². The average Bonchev–Trinajstić information content (AvgIpc) is 3.08. The second-order valence-electron chi connectivity index (χ2n) is 12.2. The molecule has 1 aliphatic carbocycles. The summed E-state index contributed by atoms with van der Waals surface area (Å²) in [5.74, 6) is 0.286. The summed E-state index contributed by atoms with van der Waals surface area (Å²) in [5.41, 5.74) is -0.151. The fraction of sp³-hybridized carbons (Fsp3) is 0.760. The molecule has 1 aromatic rings. The van der Waals surface area contributed by atoms with E-state index in [0.717, 1.165) is 23.0 Å². The van der Waals surface area contributed by atoms with E-state index < -0.39 is 61.1 Å². The van der Waals surface area contributed by atoms with Crippen molar-refractivity contribution in [2.24, 2.45) is 5.92 Å². The number of allylic oxidation sites excluding steroid dienone is 1. The summed E-state index contributed by atoms with van der Waals surface area (Å²) in [5, 5.41) is 22.2. The van der Waals surface area contributed by atoms with Crippen molar-refractivity contribution in [3.8, 4) is 0 Å². The first-order valence-electron chi connectivity index (χ1n) is 12.9. The Hall–Kier alpha value is -0.693. The third-order valence-electron chi connectivity index (χ3n) is 8.24. The Morgan fingerprint density at radius 2 is 2.05 bits per heavy atom. The van der Waals surface area contributed by atoms with Crippen LogP contribution in [0.4, 0.5) is 0 Å². The maximum absolute atomic E-state index is 12.5. The predicted molar refractivity (Wildman–Crippen MR) is 158 cm³/mol. The van der Waals surface area contributed by atoms with E-state index in [1.54, 1.807) is 0 Å². The molecule has 214 valence electrons. The fourth-order valence-corrected chi connectivity index (χ4v) is 10.7. The van der Waals surface area contributed by atoms with Crippen LogP contribution >= 0.6 is 17.5 Å². The zero-order valence-electron chi connectivity index (χ0n) is 23.3. The number of nitrogens with zero attached hydrogens (tertiary/aromatic N) is 1. The minimum atomic E-state index is -2.16. The highest BCUT2D eigenvalue weighted by Gasteiger charge is 2.53. The lowest BCUT2D eigenvalue weighted by Gasteiger charge is -2.38. The minimum absolute atomic E-state index is 0.0380. The average molecular weight is 606 g/mol. The number of H-pyrrole nitrogens is 1. The molecule has 0 aromatic carbocycles. The monoisotopic (exact) mass is 605 g/mol. The lowest BCUT2D eigenvalue weighted by atomic mass is 9.77. The molecule has 0 radical (unpaired) electrons. The van der Waals surface area contributed by atoms with E-state index in [0.29, 0.717) is 6.42 Å². The maximum Gasteiger partial charge on any atom is 0.415 e. The number of nitrogens with one attached hydrogen (secondary N) is 1. The third kappa shape index (κ3) is 7.14. The third-order valence-corrected chi connectivity index (χ3v) is 17.1. The Balaban J connectivity index is 1.80. The molecule has 38 heavy (non-hydrogen) atoms. The molecule has 0 bridgehead atoms. The van der Waals surface area contributed by atoms with Crippen molar-refractivity contribution in [2.75, 3.05) is 6.61 Å². The molecule has 1 saturated heterocycles. The first-order valence-corrected chi connectivity index (χ1v) is 19.5. The quantitative estimate of drug-likeness (QED) is 0.216. The van der Waals surface area contributed by atoms with Gasteiger partial charge < -0.3 is 19.4 Å². The number of aromatic nitrogens is 2. The van der Waals surface area contributed by atoms with Gasteiger partial charge in [0.25, 0.3) is 5.56 Å². The maximum atomic E-state index is 12.5. The standard InChI is InChI=1S/C25H41N2O7PS2Si/c1-15(2)16-9-11-25(6,18(28)13-16)37-35(36)34-21-17(14-32-38(7,8)24(3,4)5)33-22(20(21)30)27-12-10-19(29)26-23(27)31/h10,12,16-18,20-22,28,30H,1,9,11,13-14H2,2-8H3/p+1/t16-,17+,18+,20+,21+,22+,25+/m0/s1. The molecule has 8 atom stereocenters. The highest BCUT2D eigenvalue weighted by atomic mass is 32.9. The Kier molecular flexibility index (Phi) is 10.1.